The van der Waals surface area contributed by atoms with Crippen LogP contribution in [0.1, 0.15) is 5.56 Å². The van der Waals surface area contributed by atoms with Gasteiger partial charge in [-0.1, -0.05) is 46.3 Å². The van der Waals surface area contributed by atoms with E-state index < -0.39 is 0 Å². The first-order valence-corrected chi connectivity index (χ1v) is 7.62. The monoisotopic (exact) mass is 322 g/mol. The zero-order chi connectivity index (χ0) is 12.6. The van der Waals surface area contributed by atoms with Gasteiger partial charge in [0, 0.05) is 15.1 Å². The first-order valence-electron chi connectivity index (χ1n) is 5.84. The Morgan fingerprint density at radius 2 is 1.67 bits per heavy atom. The fourth-order valence-corrected chi connectivity index (χ4v) is 2.56. The van der Waals surface area contributed by atoms with E-state index in [1.165, 1.54) is 10.5 Å². The Hall–Kier alpha value is -0.770. The van der Waals surface area contributed by atoms with Gasteiger partial charge >= 0.3 is 0 Å². The number of ether oxygens (including phenoxy) is 1. The topological polar surface area (TPSA) is 9.23 Å². The maximum atomic E-state index is 5.65. The van der Waals surface area contributed by atoms with Crippen LogP contribution in [0.25, 0.3) is 0 Å². The molecule has 0 aliphatic heterocycles. The second kappa shape index (κ2) is 7.62. The van der Waals surface area contributed by atoms with Gasteiger partial charge in [-0.05, 0) is 29.8 Å². The van der Waals surface area contributed by atoms with Gasteiger partial charge in [-0.2, -0.15) is 0 Å². The highest BCUT2D eigenvalue weighted by Gasteiger charge is 1.95. The molecular weight excluding hydrogens is 308 g/mol. The summed E-state index contributed by atoms with van der Waals surface area (Å²) in [6.45, 7) is 1.46. The Morgan fingerprint density at radius 3 is 2.39 bits per heavy atom. The van der Waals surface area contributed by atoms with E-state index in [2.05, 4.69) is 52.3 Å². The summed E-state index contributed by atoms with van der Waals surface area (Å²) >= 11 is 5.25. The Kier molecular flexibility index (Phi) is 5.78. The number of rotatable bonds is 6. The molecule has 0 saturated carbocycles. The van der Waals surface area contributed by atoms with E-state index in [0.29, 0.717) is 6.61 Å². The maximum absolute atomic E-state index is 5.65. The molecule has 0 spiro atoms. The molecule has 94 valence electrons. The molecule has 0 amide bonds. The number of hydrogen-bond donors (Lipinski definition) is 0. The van der Waals surface area contributed by atoms with Gasteiger partial charge in [0.25, 0.3) is 0 Å². The van der Waals surface area contributed by atoms with E-state index in [0.717, 1.165) is 16.8 Å². The van der Waals surface area contributed by atoms with Gasteiger partial charge in [-0.15, -0.1) is 11.8 Å². The lowest BCUT2D eigenvalue weighted by molar-refractivity contribution is 0.136. The molecule has 0 heterocycles. The Morgan fingerprint density at radius 1 is 0.944 bits per heavy atom. The van der Waals surface area contributed by atoms with Gasteiger partial charge in [0.15, 0.2) is 0 Å². The molecule has 0 bridgehead atoms. The van der Waals surface area contributed by atoms with Crippen molar-refractivity contribution in [3.05, 3.63) is 64.6 Å². The van der Waals surface area contributed by atoms with E-state index >= 15 is 0 Å². The van der Waals surface area contributed by atoms with Crippen molar-refractivity contribution in [3.8, 4) is 0 Å². The molecule has 1 nitrogen and oxygen atoms in total. The zero-order valence-electron chi connectivity index (χ0n) is 10.0. The van der Waals surface area contributed by atoms with Gasteiger partial charge < -0.3 is 4.74 Å². The van der Waals surface area contributed by atoms with Crippen LogP contribution in [0.2, 0.25) is 0 Å². The average Bonchev–Trinajstić information content (AvgIpc) is 2.42. The molecule has 0 aromatic heterocycles. The Labute approximate surface area is 121 Å². The first kappa shape index (κ1) is 13.7. The second-order valence-electron chi connectivity index (χ2n) is 3.84. The minimum Gasteiger partial charge on any atom is -0.376 e. The van der Waals surface area contributed by atoms with Crippen LogP contribution < -0.4 is 0 Å². The van der Waals surface area contributed by atoms with Crippen LogP contribution in [0.5, 0.6) is 0 Å². The van der Waals surface area contributed by atoms with Gasteiger partial charge in [-0.25, -0.2) is 0 Å². The summed E-state index contributed by atoms with van der Waals surface area (Å²) in [5.74, 6) is 0.987. The fourth-order valence-electron chi connectivity index (χ4n) is 1.51. The predicted molar refractivity (Wildman–Crippen MR) is 81.0 cm³/mol. The number of halogens is 1. The third kappa shape index (κ3) is 4.84. The molecule has 0 N–H and O–H groups in total. The van der Waals surface area contributed by atoms with Crippen LogP contribution in [-0.4, -0.2) is 12.4 Å². The van der Waals surface area contributed by atoms with Crippen LogP contribution in [-0.2, 0) is 11.3 Å². The van der Waals surface area contributed by atoms with E-state index in [4.69, 9.17) is 4.74 Å². The Balaban J connectivity index is 1.63. The molecule has 0 unspecified atom stereocenters. The molecule has 3 heteroatoms. The minimum atomic E-state index is 0.683. The van der Waals surface area contributed by atoms with Gasteiger partial charge in [0.05, 0.1) is 13.2 Å². The minimum absolute atomic E-state index is 0.683. The van der Waals surface area contributed by atoms with Crippen molar-refractivity contribution in [1.82, 2.24) is 0 Å². The molecule has 0 aliphatic carbocycles. The molecule has 2 aromatic carbocycles. The van der Waals surface area contributed by atoms with E-state index in [9.17, 15) is 0 Å². The summed E-state index contributed by atoms with van der Waals surface area (Å²) in [6, 6.07) is 18.6. The molecule has 0 atom stereocenters. The van der Waals surface area contributed by atoms with Gasteiger partial charge in [0.2, 0.25) is 0 Å². The summed E-state index contributed by atoms with van der Waals surface area (Å²) in [4.78, 5) is 1.30. The van der Waals surface area contributed by atoms with Gasteiger partial charge in [-0.3, -0.25) is 0 Å². The SMILES string of the molecule is Brc1ccc(COCCSc2ccccc2)cc1. The highest BCUT2D eigenvalue weighted by Crippen LogP contribution is 2.16. The quantitative estimate of drug-likeness (QED) is 0.560. The fraction of sp³-hybridized carbons (Fsp3) is 0.200. The first-order chi connectivity index (χ1) is 8.84. The van der Waals surface area contributed by atoms with Crippen molar-refractivity contribution in [1.29, 1.82) is 0 Å². The van der Waals surface area contributed by atoms with Crippen molar-refractivity contribution in [3.63, 3.8) is 0 Å². The number of hydrogen-bond acceptors (Lipinski definition) is 2. The molecular formula is C15H15BrOS. The van der Waals surface area contributed by atoms with Crippen molar-refractivity contribution >= 4 is 27.7 Å². The lowest BCUT2D eigenvalue weighted by Gasteiger charge is -2.04. The second-order valence-corrected chi connectivity index (χ2v) is 5.92. The van der Waals surface area contributed by atoms with Crippen molar-refractivity contribution < 1.29 is 4.74 Å². The third-order valence-electron chi connectivity index (χ3n) is 2.42. The predicted octanol–water partition coefficient (Wildman–Crippen LogP) is 4.76. The zero-order valence-corrected chi connectivity index (χ0v) is 12.4. The third-order valence-corrected chi connectivity index (χ3v) is 3.93. The highest BCUT2D eigenvalue weighted by molar-refractivity contribution is 9.10. The van der Waals surface area contributed by atoms with Crippen LogP contribution >= 0.6 is 27.7 Å². The van der Waals surface area contributed by atoms with Gasteiger partial charge in [0.1, 0.15) is 0 Å². The number of thioether (sulfide) groups is 1. The van der Waals surface area contributed by atoms with Crippen LogP contribution in [0.15, 0.2) is 64.0 Å². The normalized spacial score (nSPS) is 10.5. The molecule has 0 radical (unpaired) electrons. The van der Waals surface area contributed by atoms with Crippen LogP contribution in [0, 0.1) is 0 Å². The lowest BCUT2D eigenvalue weighted by Crippen LogP contribution is -1.97. The van der Waals surface area contributed by atoms with E-state index in [-0.39, 0.29) is 0 Å². The maximum Gasteiger partial charge on any atom is 0.0717 e. The molecule has 2 aromatic rings. The summed E-state index contributed by atoms with van der Waals surface area (Å²) in [5.41, 5.74) is 1.21. The lowest BCUT2D eigenvalue weighted by atomic mass is 10.2. The molecule has 0 saturated heterocycles. The summed E-state index contributed by atoms with van der Waals surface area (Å²) in [6.07, 6.45) is 0. The van der Waals surface area contributed by atoms with Crippen molar-refractivity contribution in [2.75, 3.05) is 12.4 Å². The standard InChI is InChI=1S/C15H15BrOS/c16-14-8-6-13(7-9-14)12-17-10-11-18-15-4-2-1-3-5-15/h1-9H,10-12H2. The van der Waals surface area contributed by atoms with Crippen molar-refractivity contribution in [2.45, 2.75) is 11.5 Å². The molecule has 18 heavy (non-hydrogen) atoms. The summed E-state index contributed by atoms with van der Waals surface area (Å²) in [7, 11) is 0. The van der Waals surface area contributed by atoms with E-state index in [1.54, 1.807) is 0 Å². The molecule has 0 fully saturated rings. The smallest absolute Gasteiger partial charge is 0.0717 e. The van der Waals surface area contributed by atoms with Crippen molar-refractivity contribution in [2.24, 2.45) is 0 Å². The molecule has 2 rings (SSSR count). The molecule has 0 aliphatic rings. The summed E-state index contributed by atoms with van der Waals surface area (Å²) < 4.78 is 6.75. The number of benzene rings is 2. The summed E-state index contributed by atoms with van der Waals surface area (Å²) in [5, 5.41) is 0. The Bertz CT molecular complexity index is 456. The van der Waals surface area contributed by atoms with E-state index in [1.807, 2.05) is 30.0 Å². The van der Waals surface area contributed by atoms with Crippen LogP contribution in [0.4, 0.5) is 0 Å². The average molecular weight is 323 g/mol. The highest BCUT2D eigenvalue weighted by atomic mass is 79.9. The van der Waals surface area contributed by atoms with Crippen LogP contribution in [0.3, 0.4) is 0 Å². The largest absolute Gasteiger partial charge is 0.376 e.